The Bertz CT molecular complexity index is 541. The van der Waals surface area contributed by atoms with Crippen molar-refractivity contribution < 1.29 is 14.3 Å². The van der Waals surface area contributed by atoms with E-state index < -0.39 is 6.09 Å². The zero-order valence-corrected chi connectivity index (χ0v) is 11.2. The van der Waals surface area contributed by atoms with Crippen molar-refractivity contribution >= 4 is 6.09 Å². The number of nitrogens with one attached hydrogen (secondary N) is 1. The summed E-state index contributed by atoms with van der Waals surface area (Å²) in [5.41, 5.74) is 1.16. The summed E-state index contributed by atoms with van der Waals surface area (Å²) in [6, 6.07) is 13.2. The molecule has 1 amide bonds. The van der Waals surface area contributed by atoms with E-state index >= 15 is 0 Å². The van der Waals surface area contributed by atoms with Gasteiger partial charge in [0.15, 0.2) is 0 Å². The maximum absolute atomic E-state index is 11.6. The molecule has 1 N–H and O–H groups in total. The van der Waals surface area contributed by atoms with Crippen LogP contribution >= 0.6 is 0 Å². The van der Waals surface area contributed by atoms with E-state index in [1.54, 1.807) is 19.2 Å². The Labute approximate surface area is 117 Å². The lowest BCUT2D eigenvalue weighted by Crippen LogP contribution is -2.29. The molecule has 0 aliphatic rings. The second kappa shape index (κ2) is 7.13. The maximum Gasteiger partial charge on any atom is 0.413 e. The van der Waals surface area contributed by atoms with Gasteiger partial charge in [-0.25, -0.2) is 9.78 Å². The van der Waals surface area contributed by atoms with Crippen molar-refractivity contribution in [1.82, 2.24) is 10.3 Å². The van der Waals surface area contributed by atoms with E-state index in [0.29, 0.717) is 12.3 Å². The van der Waals surface area contributed by atoms with Crippen LogP contribution in [0.5, 0.6) is 11.6 Å². The predicted molar refractivity (Wildman–Crippen MR) is 75.0 cm³/mol. The number of carbonyl (C=O) groups excluding carboxylic acids is 1. The summed E-state index contributed by atoms with van der Waals surface area (Å²) in [4.78, 5) is 15.5. The molecule has 104 valence electrons. The average Bonchev–Trinajstić information content (AvgIpc) is 2.49. The van der Waals surface area contributed by atoms with Crippen LogP contribution in [0.4, 0.5) is 4.79 Å². The zero-order valence-electron chi connectivity index (χ0n) is 11.2. The van der Waals surface area contributed by atoms with Crippen LogP contribution in [0.15, 0.2) is 48.7 Å². The molecule has 0 aliphatic carbocycles. The third-order valence-corrected chi connectivity index (χ3v) is 2.67. The molecule has 0 spiro atoms. The lowest BCUT2D eigenvalue weighted by molar-refractivity contribution is 0.198. The minimum atomic E-state index is -0.515. The minimum Gasteiger partial charge on any atom is -0.495 e. The van der Waals surface area contributed by atoms with Gasteiger partial charge in [0.2, 0.25) is 5.88 Å². The summed E-state index contributed by atoms with van der Waals surface area (Å²) in [6.45, 7) is 0.513. The first-order chi connectivity index (χ1) is 9.78. The highest BCUT2D eigenvalue weighted by molar-refractivity contribution is 5.69. The number of nitrogens with zero attached hydrogens (tertiary/aromatic N) is 1. The monoisotopic (exact) mass is 272 g/mol. The third kappa shape index (κ3) is 4.28. The fraction of sp³-hybridized carbons (Fsp3) is 0.200. The Kier molecular flexibility index (Phi) is 4.94. The van der Waals surface area contributed by atoms with Crippen molar-refractivity contribution in [3.8, 4) is 11.6 Å². The van der Waals surface area contributed by atoms with Crippen molar-refractivity contribution in [3.05, 3.63) is 54.2 Å². The molecule has 0 saturated heterocycles. The third-order valence-electron chi connectivity index (χ3n) is 2.67. The van der Waals surface area contributed by atoms with Gasteiger partial charge in [-0.15, -0.1) is 0 Å². The molecule has 0 fully saturated rings. The van der Waals surface area contributed by atoms with E-state index in [1.165, 1.54) is 6.20 Å². The fourth-order valence-corrected chi connectivity index (χ4v) is 1.63. The summed E-state index contributed by atoms with van der Waals surface area (Å²) >= 11 is 0. The largest absolute Gasteiger partial charge is 0.495 e. The first kappa shape index (κ1) is 13.9. The van der Waals surface area contributed by atoms with Gasteiger partial charge in [0, 0.05) is 12.6 Å². The van der Waals surface area contributed by atoms with Crippen LogP contribution in [0.3, 0.4) is 0 Å². The highest BCUT2D eigenvalue weighted by atomic mass is 16.6. The van der Waals surface area contributed by atoms with Crippen LogP contribution in [-0.4, -0.2) is 24.7 Å². The summed E-state index contributed by atoms with van der Waals surface area (Å²) in [5, 5.41) is 2.68. The van der Waals surface area contributed by atoms with Gasteiger partial charge in [0.25, 0.3) is 0 Å². The molecular weight excluding hydrogens is 256 g/mol. The molecule has 0 saturated carbocycles. The number of hydrogen-bond acceptors (Lipinski definition) is 4. The van der Waals surface area contributed by atoms with Crippen molar-refractivity contribution in [2.24, 2.45) is 0 Å². The van der Waals surface area contributed by atoms with Crippen LogP contribution in [-0.2, 0) is 6.42 Å². The Hall–Kier alpha value is -2.56. The molecule has 1 aromatic heterocycles. The molecule has 0 bridgehead atoms. The van der Waals surface area contributed by atoms with Crippen LogP contribution in [0.2, 0.25) is 0 Å². The topological polar surface area (TPSA) is 60.5 Å². The summed E-state index contributed by atoms with van der Waals surface area (Å²) in [6.07, 6.45) is 1.73. The maximum atomic E-state index is 11.6. The second-order valence-electron chi connectivity index (χ2n) is 4.09. The molecule has 0 unspecified atom stereocenters. The Balaban J connectivity index is 1.74. The van der Waals surface area contributed by atoms with E-state index in [2.05, 4.69) is 10.3 Å². The van der Waals surface area contributed by atoms with Gasteiger partial charge in [-0.05, 0) is 18.1 Å². The smallest absolute Gasteiger partial charge is 0.413 e. The van der Waals surface area contributed by atoms with Gasteiger partial charge in [0.05, 0.1) is 13.3 Å². The quantitative estimate of drug-likeness (QED) is 0.908. The van der Waals surface area contributed by atoms with Gasteiger partial charge in [-0.3, -0.25) is 0 Å². The van der Waals surface area contributed by atoms with Gasteiger partial charge in [0.1, 0.15) is 5.75 Å². The van der Waals surface area contributed by atoms with E-state index in [1.807, 2.05) is 30.3 Å². The highest BCUT2D eigenvalue weighted by Gasteiger charge is 2.05. The number of carbonyl (C=O) groups is 1. The molecule has 1 aromatic carbocycles. The number of methoxy groups -OCH3 is 1. The Morgan fingerprint density at radius 2 is 2.00 bits per heavy atom. The van der Waals surface area contributed by atoms with Gasteiger partial charge >= 0.3 is 6.09 Å². The van der Waals surface area contributed by atoms with Crippen molar-refractivity contribution in [2.45, 2.75) is 6.42 Å². The van der Waals surface area contributed by atoms with Gasteiger partial charge in [-0.1, -0.05) is 30.3 Å². The number of ether oxygens (including phenoxy) is 2. The highest BCUT2D eigenvalue weighted by Crippen LogP contribution is 2.12. The average molecular weight is 272 g/mol. The van der Waals surface area contributed by atoms with E-state index in [-0.39, 0.29) is 5.88 Å². The van der Waals surface area contributed by atoms with Crippen LogP contribution in [0.1, 0.15) is 5.56 Å². The first-order valence-corrected chi connectivity index (χ1v) is 6.27. The molecule has 0 radical (unpaired) electrons. The van der Waals surface area contributed by atoms with Crippen LogP contribution in [0, 0.1) is 0 Å². The molecule has 2 aromatic rings. The molecule has 5 nitrogen and oxygen atoms in total. The Morgan fingerprint density at radius 1 is 1.20 bits per heavy atom. The SMILES string of the molecule is COc1ccc(OC(=O)NCCc2ccccc2)nc1. The molecule has 2 rings (SSSR count). The predicted octanol–water partition coefficient (Wildman–Crippen LogP) is 2.42. The molecule has 1 heterocycles. The lowest BCUT2D eigenvalue weighted by atomic mass is 10.1. The molecular formula is C15H16N2O3. The molecule has 20 heavy (non-hydrogen) atoms. The molecule has 5 heteroatoms. The van der Waals surface area contributed by atoms with Crippen molar-refractivity contribution in [3.63, 3.8) is 0 Å². The second-order valence-corrected chi connectivity index (χ2v) is 4.09. The standard InChI is InChI=1S/C15H16N2O3/c1-19-13-7-8-14(17-11-13)20-15(18)16-10-9-12-5-3-2-4-6-12/h2-8,11H,9-10H2,1H3,(H,16,18). The van der Waals surface area contributed by atoms with Crippen LogP contribution < -0.4 is 14.8 Å². The van der Waals surface area contributed by atoms with Gasteiger partial charge < -0.3 is 14.8 Å². The number of amides is 1. The Morgan fingerprint density at radius 3 is 2.65 bits per heavy atom. The normalized spacial score (nSPS) is 9.85. The lowest BCUT2D eigenvalue weighted by Gasteiger charge is -2.06. The summed E-state index contributed by atoms with van der Waals surface area (Å²) in [7, 11) is 1.55. The number of rotatable bonds is 5. The fourth-order valence-electron chi connectivity index (χ4n) is 1.63. The number of pyridine rings is 1. The zero-order chi connectivity index (χ0) is 14.2. The number of benzene rings is 1. The van der Waals surface area contributed by atoms with Crippen LogP contribution in [0.25, 0.3) is 0 Å². The van der Waals surface area contributed by atoms with E-state index in [9.17, 15) is 4.79 Å². The van der Waals surface area contributed by atoms with E-state index in [0.717, 1.165) is 12.0 Å². The van der Waals surface area contributed by atoms with Gasteiger partial charge in [-0.2, -0.15) is 0 Å². The van der Waals surface area contributed by atoms with E-state index in [4.69, 9.17) is 9.47 Å². The number of hydrogen-bond donors (Lipinski definition) is 1. The summed E-state index contributed by atoms with van der Waals surface area (Å²) < 4.78 is 10.0. The molecule has 0 atom stereocenters. The minimum absolute atomic E-state index is 0.239. The summed E-state index contributed by atoms with van der Waals surface area (Å²) in [5.74, 6) is 0.852. The van der Waals surface area contributed by atoms with Crippen molar-refractivity contribution in [1.29, 1.82) is 0 Å². The number of aromatic nitrogens is 1. The molecule has 0 aliphatic heterocycles. The first-order valence-electron chi connectivity index (χ1n) is 6.27. The van der Waals surface area contributed by atoms with Crippen molar-refractivity contribution in [2.75, 3.05) is 13.7 Å².